The van der Waals surface area contributed by atoms with E-state index in [9.17, 15) is 0 Å². The van der Waals surface area contributed by atoms with Gasteiger partial charge in [0, 0.05) is 22.8 Å². The Labute approximate surface area is 301 Å². The zero-order chi connectivity index (χ0) is 34.4. The van der Waals surface area contributed by atoms with Crippen LogP contribution in [0.4, 0.5) is 17.1 Å². The first-order valence-corrected chi connectivity index (χ1v) is 17.6. The second-order valence-electron chi connectivity index (χ2n) is 13.2. The Kier molecular flexibility index (Phi) is 7.14. The average molecular weight is 665 g/mol. The zero-order valence-electron chi connectivity index (χ0n) is 28.3. The number of furan rings is 1. The summed E-state index contributed by atoms with van der Waals surface area (Å²) < 4.78 is 6.47. The molecule has 0 atom stereocenters. The smallest absolute Gasteiger partial charge is 0.155 e. The molecule has 0 N–H and O–H groups in total. The Balaban J connectivity index is 1.06. The van der Waals surface area contributed by atoms with Crippen molar-refractivity contribution in [3.05, 3.63) is 194 Å². The lowest BCUT2D eigenvalue weighted by Gasteiger charge is -2.25. The lowest BCUT2D eigenvalue weighted by Crippen LogP contribution is -2.10. The van der Waals surface area contributed by atoms with E-state index < -0.39 is 0 Å². The molecule has 0 aliphatic carbocycles. The first-order chi connectivity index (χ1) is 25.7. The van der Waals surface area contributed by atoms with E-state index >= 15 is 0 Å². The number of hydrogen-bond donors (Lipinski definition) is 0. The largest absolute Gasteiger partial charge is 0.454 e. The molecular formula is C49H32N2O. The maximum absolute atomic E-state index is 6.47. The predicted molar refractivity (Wildman–Crippen MR) is 218 cm³/mol. The van der Waals surface area contributed by atoms with E-state index in [1.165, 1.54) is 44.0 Å². The van der Waals surface area contributed by atoms with Crippen molar-refractivity contribution >= 4 is 60.7 Å². The molecule has 0 fully saturated rings. The highest BCUT2D eigenvalue weighted by Crippen LogP contribution is 2.40. The summed E-state index contributed by atoms with van der Waals surface area (Å²) in [4.78, 5) is 7.27. The minimum absolute atomic E-state index is 0.760. The topological polar surface area (TPSA) is 29.3 Å². The Morgan fingerprint density at radius 1 is 0.365 bits per heavy atom. The van der Waals surface area contributed by atoms with Gasteiger partial charge < -0.3 is 9.32 Å². The zero-order valence-corrected chi connectivity index (χ0v) is 28.3. The van der Waals surface area contributed by atoms with Gasteiger partial charge in [0.05, 0.1) is 11.9 Å². The number of rotatable bonds is 6. The molecule has 2 heterocycles. The summed E-state index contributed by atoms with van der Waals surface area (Å²) in [6.45, 7) is 0. The fourth-order valence-corrected chi connectivity index (χ4v) is 7.45. The van der Waals surface area contributed by atoms with Gasteiger partial charge in [-0.2, -0.15) is 0 Å². The second-order valence-corrected chi connectivity index (χ2v) is 13.2. The van der Waals surface area contributed by atoms with E-state index in [0.717, 1.165) is 50.1 Å². The van der Waals surface area contributed by atoms with Gasteiger partial charge in [0.2, 0.25) is 0 Å². The van der Waals surface area contributed by atoms with E-state index in [0.29, 0.717) is 0 Å². The summed E-state index contributed by atoms with van der Waals surface area (Å²) in [7, 11) is 0. The summed E-state index contributed by atoms with van der Waals surface area (Å²) in [6.07, 6.45) is 1.96. The van der Waals surface area contributed by atoms with Crippen molar-refractivity contribution in [2.24, 2.45) is 0 Å². The van der Waals surface area contributed by atoms with E-state index in [4.69, 9.17) is 9.40 Å². The molecule has 10 aromatic rings. The molecule has 3 nitrogen and oxygen atoms in total. The third-order valence-corrected chi connectivity index (χ3v) is 10.1. The summed E-state index contributed by atoms with van der Waals surface area (Å²) in [6, 6.07) is 66.7. The third kappa shape index (κ3) is 5.28. The number of fused-ring (bicyclic) bond motifs is 5. The maximum Gasteiger partial charge on any atom is 0.155 e. The first kappa shape index (κ1) is 29.9. The van der Waals surface area contributed by atoms with Gasteiger partial charge in [-0.1, -0.05) is 146 Å². The number of anilines is 3. The monoisotopic (exact) mass is 664 g/mol. The molecule has 52 heavy (non-hydrogen) atoms. The van der Waals surface area contributed by atoms with Gasteiger partial charge in [-0.15, -0.1) is 0 Å². The quantitative estimate of drug-likeness (QED) is 0.177. The molecule has 10 rings (SSSR count). The lowest BCUT2D eigenvalue weighted by molar-refractivity contribution is 0.668. The van der Waals surface area contributed by atoms with Crippen LogP contribution in [0.2, 0.25) is 0 Å². The fraction of sp³-hybridized carbons (Fsp3) is 0. The molecule has 0 amide bonds. The fourth-order valence-electron chi connectivity index (χ4n) is 7.45. The number of pyridine rings is 1. The minimum atomic E-state index is 0.760. The van der Waals surface area contributed by atoms with E-state index in [1.54, 1.807) is 0 Å². The SMILES string of the molecule is c1ccc(-c2ccc(-c3ccc(N(c4ccc(-c5cccc6ccccc56)cc4)c4cnc5c(c4)oc4cc6ccccc6cc45)cc3)cc2)cc1. The Hall–Kier alpha value is -6.97. The highest BCUT2D eigenvalue weighted by atomic mass is 16.3. The number of nitrogens with zero attached hydrogens (tertiary/aromatic N) is 2. The van der Waals surface area contributed by atoms with Crippen LogP contribution in [0.3, 0.4) is 0 Å². The van der Waals surface area contributed by atoms with Crippen LogP contribution in [-0.2, 0) is 0 Å². The van der Waals surface area contributed by atoms with Crippen LogP contribution in [0, 0.1) is 0 Å². The van der Waals surface area contributed by atoms with Gasteiger partial charge >= 0.3 is 0 Å². The first-order valence-electron chi connectivity index (χ1n) is 17.6. The maximum atomic E-state index is 6.47. The summed E-state index contributed by atoms with van der Waals surface area (Å²) in [5.74, 6) is 0. The molecule has 0 saturated carbocycles. The van der Waals surface area contributed by atoms with E-state index in [-0.39, 0.29) is 0 Å². The van der Waals surface area contributed by atoms with Crippen LogP contribution in [0.25, 0.3) is 77.0 Å². The number of benzene rings is 8. The Morgan fingerprint density at radius 2 is 0.904 bits per heavy atom. The molecule has 244 valence electrons. The van der Waals surface area contributed by atoms with E-state index in [1.807, 2.05) is 6.20 Å². The molecule has 0 saturated heterocycles. The van der Waals surface area contributed by atoms with Crippen molar-refractivity contribution in [2.45, 2.75) is 0 Å². The number of hydrogen-bond acceptors (Lipinski definition) is 3. The average Bonchev–Trinajstić information content (AvgIpc) is 3.57. The molecule has 8 aromatic carbocycles. The summed E-state index contributed by atoms with van der Waals surface area (Å²) >= 11 is 0. The van der Waals surface area contributed by atoms with Crippen molar-refractivity contribution in [3.8, 4) is 33.4 Å². The molecule has 0 aliphatic heterocycles. The van der Waals surface area contributed by atoms with Crippen molar-refractivity contribution in [1.82, 2.24) is 4.98 Å². The van der Waals surface area contributed by atoms with Crippen molar-refractivity contribution in [3.63, 3.8) is 0 Å². The highest BCUT2D eigenvalue weighted by Gasteiger charge is 2.18. The molecule has 3 heteroatoms. The van der Waals surface area contributed by atoms with Crippen LogP contribution in [0.5, 0.6) is 0 Å². The van der Waals surface area contributed by atoms with Crippen LogP contribution in [0.1, 0.15) is 0 Å². The van der Waals surface area contributed by atoms with Gasteiger partial charge in [-0.25, -0.2) is 4.98 Å². The molecule has 2 aromatic heterocycles. The number of aromatic nitrogens is 1. The molecule has 0 bridgehead atoms. The minimum Gasteiger partial charge on any atom is -0.454 e. The van der Waals surface area contributed by atoms with Crippen LogP contribution >= 0.6 is 0 Å². The van der Waals surface area contributed by atoms with Gasteiger partial charge in [0.25, 0.3) is 0 Å². The normalized spacial score (nSPS) is 11.5. The van der Waals surface area contributed by atoms with E-state index in [2.05, 4.69) is 193 Å². The van der Waals surface area contributed by atoms with Crippen molar-refractivity contribution < 1.29 is 4.42 Å². The third-order valence-electron chi connectivity index (χ3n) is 10.1. The molecule has 0 spiro atoms. The molecular weight excluding hydrogens is 633 g/mol. The molecule has 0 unspecified atom stereocenters. The standard InChI is InChI=1S/C49H32N2O/c1-2-9-33(10-3-1)34-17-19-35(20-18-34)36-21-25-41(26-22-36)51(42-27-23-38(24-28-42)45-16-8-14-37-11-6-7-15-44(37)45)43-31-48-49(50-32-43)46-29-39-12-4-5-13-40(39)30-47(46)52-48/h1-32H. The van der Waals surface area contributed by atoms with Gasteiger partial charge in [0.1, 0.15) is 11.1 Å². The summed E-state index contributed by atoms with van der Waals surface area (Å²) in [5, 5.41) is 5.82. The molecule has 0 radical (unpaired) electrons. The van der Waals surface area contributed by atoms with Gasteiger partial charge in [0.15, 0.2) is 5.58 Å². The van der Waals surface area contributed by atoms with Crippen molar-refractivity contribution in [1.29, 1.82) is 0 Å². The second kappa shape index (κ2) is 12.4. The van der Waals surface area contributed by atoms with Crippen LogP contribution in [0.15, 0.2) is 199 Å². The summed E-state index contributed by atoms with van der Waals surface area (Å²) in [5.41, 5.74) is 12.6. The molecule has 0 aliphatic rings. The van der Waals surface area contributed by atoms with Gasteiger partial charge in [-0.05, 0) is 91.3 Å². The highest BCUT2D eigenvalue weighted by molar-refractivity contribution is 6.09. The Morgan fingerprint density at radius 3 is 1.60 bits per heavy atom. The van der Waals surface area contributed by atoms with Crippen LogP contribution in [-0.4, -0.2) is 4.98 Å². The Bertz CT molecular complexity index is 2870. The van der Waals surface area contributed by atoms with Crippen molar-refractivity contribution in [2.75, 3.05) is 4.90 Å². The predicted octanol–water partition coefficient (Wildman–Crippen LogP) is 13.8. The van der Waals surface area contributed by atoms with Gasteiger partial charge in [-0.3, -0.25) is 0 Å². The lowest BCUT2D eigenvalue weighted by atomic mass is 9.98. The van der Waals surface area contributed by atoms with Crippen LogP contribution < -0.4 is 4.90 Å².